The Bertz CT molecular complexity index is 1100. The van der Waals surface area contributed by atoms with Crippen molar-refractivity contribution in [2.24, 2.45) is 40.4 Å². The van der Waals surface area contributed by atoms with E-state index < -0.39 is 41.2 Å². The van der Waals surface area contributed by atoms with E-state index in [0.29, 0.717) is 31.4 Å². The summed E-state index contributed by atoms with van der Waals surface area (Å²) in [6, 6.07) is 8.85. The fraction of sp³-hybridized carbons (Fsp3) is 0.767. The van der Waals surface area contributed by atoms with Crippen LogP contribution in [0.3, 0.4) is 0 Å². The quantitative estimate of drug-likeness (QED) is 0.480. The van der Waals surface area contributed by atoms with Crippen LogP contribution in [0.15, 0.2) is 30.3 Å². The van der Waals surface area contributed by atoms with E-state index in [1.807, 2.05) is 18.2 Å². The Hall–Kier alpha value is -1.55. The molecule has 5 saturated carbocycles. The Morgan fingerprint density at radius 3 is 2.61 bits per heavy atom. The molecule has 1 aromatic carbocycles. The van der Waals surface area contributed by atoms with E-state index >= 15 is 0 Å². The normalized spacial score (nSPS) is 52.2. The summed E-state index contributed by atoms with van der Waals surface area (Å²) in [5.74, 6) is -1.58. The summed E-state index contributed by atoms with van der Waals surface area (Å²) < 4.78 is 18.1. The first-order valence-electron chi connectivity index (χ1n) is 14.4. The number of piperidine rings is 1. The highest BCUT2D eigenvalue weighted by Gasteiger charge is 2.86. The second-order valence-corrected chi connectivity index (χ2v) is 13.1. The van der Waals surface area contributed by atoms with Crippen LogP contribution in [-0.2, 0) is 14.2 Å². The third-order valence-electron chi connectivity index (χ3n) is 12.1. The molecule has 1 saturated heterocycles. The zero-order valence-electron chi connectivity index (χ0n) is 22.5. The van der Waals surface area contributed by atoms with E-state index in [1.165, 1.54) is 0 Å². The van der Waals surface area contributed by atoms with Gasteiger partial charge in [-0.05, 0) is 43.9 Å². The molecule has 1 heterocycles. The molecule has 7 rings (SSSR count). The first-order valence-corrected chi connectivity index (χ1v) is 14.4. The van der Waals surface area contributed by atoms with Crippen LogP contribution in [-0.4, -0.2) is 96.2 Å². The van der Waals surface area contributed by atoms with Crippen LogP contribution in [0.1, 0.15) is 43.0 Å². The van der Waals surface area contributed by atoms with Gasteiger partial charge in [0.25, 0.3) is 0 Å². The molecule has 8 nitrogen and oxygen atoms in total. The van der Waals surface area contributed by atoms with Crippen LogP contribution < -0.4 is 0 Å². The number of hydrogen-bond donors (Lipinski definition) is 3. The summed E-state index contributed by atoms with van der Waals surface area (Å²) >= 11 is 0. The lowest BCUT2D eigenvalue weighted by Gasteiger charge is -2.68. The number of aliphatic hydroxyl groups is 3. The average molecular weight is 528 g/mol. The summed E-state index contributed by atoms with van der Waals surface area (Å²) in [5.41, 5.74) is -1.68. The van der Waals surface area contributed by atoms with Crippen molar-refractivity contribution in [2.45, 2.75) is 68.7 Å². The smallest absolute Gasteiger partial charge is 0.338 e. The minimum atomic E-state index is -1.27. The SMILES string of the molecule is CCN1CC2(COC)CCC(O)C34C5CC6C(OC)CC(O)(C5C6OC(=O)c5ccccc5)C(C(O)C23)C14. The van der Waals surface area contributed by atoms with Gasteiger partial charge in [-0.1, -0.05) is 25.1 Å². The highest BCUT2D eigenvalue weighted by Crippen LogP contribution is 2.79. The third kappa shape index (κ3) is 2.84. The maximum atomic E-state index is 13.3. The van der Waals surface area contributed by atoms with E-state index in [9.17, 15) is 20.1 Å². The van der Waals surface area contributed by atoms with Gasteiger partial charge < -0.3 is 29.5 Å². The number of carbonyl (C=O) groups excluding carboxylic acids is 1. The van der Waals surface area contributed by atoms with Gasteiger partial charge in [-0.15, -0.1) is 0 Å². The van der Waals surface area contributed by atoms with Gasteiger partial charge in [-0.3, -0.25) is 4.90 Å². The molecule has 13 atom stereocenters. The van der Waals surface area contributed by atoms with Gasteiger partial charge in [0, 0.05) is 67.7 Å². The monoisotopic (exact) mass is 527 g/mol. The highest BCUT2D eigenvalue weighted by molar-refractivity contribution is 5.89. The zero-order chi connectivity index (χ0) is 26.6. The number of hydrogen-bond acceptors (Lipinski definition) is 8. The van der Waals surface area contributed by atoms with Gasteiger partial charge in [0.1, 0.15) is 6.10 Å². The molecule has 8 heteroatoms. The van der Waals surface area contributed by atoms with Gasteiger partial charge in [0.2, 0.25) is 0 Å². The second-order valence-electron chi connectivity index (χ2n) is 13.1. The molecular weight excluding hydrogens is 486 g/mol. The van der Waals surface area contributed by atoms with E-state index in [-0.39, 0.29) is 41.2 Å². The minimum Gasteiger partial charge on any atom is -0.458 e. The van der Waals surface area contributed by atoms with Crippen molar-refractivity contribution in [2.75, 3.05) is 33.9 Å². The molecule has 38 heavy (non-hydrogen) atoms. The van der Waals surface area contributed by atoms with Crippen LogP contribution in [0.5, 0.6) is 0 Å². The molecule has 6 aliphatic rings. The summed E-state index contributed by atoms with van der Waals surface area (Å²) in [6.45, 7) is 4.23. The number of rotatable bonds is 6. The van der Waals surface area contributed by atoms with E-state index in [0.717, 1.165) is 19.5 Å². The standard InChI is InChI=1S/C30H41NO7/c1-4-31-14-28(15-36-2)11-10-20(32)30-18-12-17-19(37-3)13-29(35,22(26(30)31)23(33)25(28)30)21(18)24(17)38-27(34)16-8-6-5-7-9-16/h5-9,17-26,32-33,35H,4,10-15H2,1-3H3. The molecule has 6 fully saturated rings. The Morgan fingerprint density at radius 1 is 1.16 bits per heavy atom. The molecule has 0 amide bonds. The molecule has 1 aliphatic heterocycles. The number of methoxy groups -OCH3 is 2. The molecular formula is C30H41NO7. The highest BCUT2D eigenvalue weighted by atomic mass is 16.6. The summed E-state index contributed by atoms with van der Waals surface area (Å²) in [7, 11) is 3.38. The summed E-state index contributed by atoms with van der Waals surface area (Å²) in [4.78, 5) is 15.8. The lowest BCUT2D eigenvalue weighted by Crippen LogP contribution is -2.76. The van der Waals surface area contributed by atoms with Crippen molar-refractivity contribution in [1.82, 2.24) is 4.90 Å². The summed E-state index contributed by atoms with van der Waals surface area (Å²) in [5, 5.41) is 37.1. The van der Waals surface area contributed by atoms with Crippen LogP contribution in [0.25, 0.3) is 0 Å². The number of aliphatic hydroxyl groups excluding tert-OH is 2. The third-order valence-corrected chi connectivity index (χ3v) is 12.1. The molecule has 5 aliphatic carbocycles. The Balaban J connectivity index is 1.39. The van der Waals surface area contributed by atoms with Gasteiger partial charge in [-0.25, -0.2) is 4.79 Å². The molecule has 0 radical (unpaired) electrons. The largest absolute Gasteiger partial charge is 0.458 e. The zero-order valence-corrected chi connectivity index (χ0v) is 22.5. The van der Waals surface area contributed by atoms with E-state index in [2.05, 4.69) is 11.8 Å². The van der Waals surface area contributed by atoms with Gasteiger partial charge >= 0.3 is 5.97 Å². The minimum absolute atomic E-state index is 0.0736. The lowest BCUT2D eigenvalue weighted by atomic mass is 9.43. The first kappa shape index (κ1) is 25.4. The number of likely N-dealkylation sites (tertiary alicyclic amines) is 1. The van der Waals surface area contributed by atoms with Gasteiger partial charge in [0.15, 0.2) is 0 Å². The predicted molar refractivity (Wildman–Crippen MR) is 137 cm³/mol. The van der Waals surface area contributed by atoms with Crippen LogP contribution >= 0.6 is 0 Å². The van der Waals surface area contributed by atoms with Gasteiger partial charge in [0.05, 0.1) is 36.1 Å². The van der Waals surface area contributed by atoms with Crippen LogP contribution in [0, 0.1) is 40.4 Å². The Morgan fingerprint density at radius 2 is 1.92 bits per heavy atom. The number of ether oxygens (including phenoxy) is 3. The van der Waals surface area contributed by atoms with Crippen LogP contribution in [0.2, 0.25) is 0 Å². The number of nitrogens with zero attached hydrogens (tertiary/aromatic N) is 1. The molecule has 7 bridgehead atoms. The molecule has 1 spiro atoms. The van der Waals surface area contributed by atoms with Crippen molar-refractivity contribution in [3.63, 3.8) is 0 Å². The lowest BCUT2D eigenvalue weighted by molar-refractivity contribution is -0.272. The number of fused-ring (bicyclic) bond motifs is 2. The van der Waals surface area contributed by atoms with Crippen molar-refractivity contribution < 1.29 is 34.3 Å². The van der Waals surface area contributed by atoms with Gasteiger partial charge in [-0.2, -0.15) is 0 Å². The maximum Gasteiger partial charge on any atom is 0.338 e. The molecule has 13 unspecified atom stereocenters. The fourth-order valence-corrected chi connectivity index (χ4v) is 11.3. The molecule has 208 valence electrons. The van der Waals surface area contributed by atoms with E-state index in [4.69, 9.17) is 14.2 Å². The molecule has 0 aromatic heterocycles. The Labute approximate surface area is 224 Å². The summed E-state index contributed by atoms with van der Waals surface area (Å²) in [6.07, 6.45) is 0.326. The fourth-order valence-electron chi connectivity index (χ4n) is 11.3. The number of benzene rings is 1. The average Bonchev–Trinajstić information content (AvgIpc) is 3.34. The van der Waals surface area contributed by atoms with Crippen molar-refractivity contribution in [1.29, 1.82) is 0 Å². The van der Waals surface area contributed by atoms with Crippen molar-refractivity contribution >= 4 is 5.97 Å². The van der Waals surface area contributed by atoms with Crippen molar-refractivity contribution in [3.05, 3.63) is 35.9 Å². The molecule has 1 aromatic rings. The number of esters is 1. The molecule has 3 N–H and O–H groups in total. The van der Waals surface area contributed by atoms with Crippen LogP contribution in [0.4, 0.5) is 0 Å². The predicted octanol–water partition coefficient (Wildman–Crippen LogP) is 1.71. The Kier molecular flexibility index (Phi) is 5.67. The van der Waals surface area contributed by atoms with Crippen molar-refractivity contribution in [3.8, 4) is 0 Å². The topological polar surface area (TPSA) is 109 Å². The second kappa shape index (κ2) is 8.48. The maximum absolute atomic E-state index is 13.3. The number of carbonyl (C=O) groups is 1. The van der Waals surface area contributed by atoms with E-state index in [1.54, 1.807) is 26.4 Å². The first-order chi connectivity index (χ1) is 18.3.